The molecule has 1 aromatic heterocycles. The molecule has 184 valence electrons. The van der Waals surface area contributed by atoms with Gasteiger partial charge in [-0.25, -0.2) is 0 Å². The van der Waals surface area contributed by atoms with Crippen LogP contribution in [-0.2, 0) is 27.7 Å². The summed E-state index contributed by atoms with van der Waals surface area (Å²) in [5.74, 6) is 0.0386. The Morgan fingerprint density at radius 1 is 1.20 bits per heavy atom. The van der Waals surface area contributed by atoms with E-state index in [0.29, 0.717) is 31.6 Å². The number of rotatable bonds is 2. The maximum Gasteiger partial charge on any atom is 0.417 e. The highest BCUT2D eigenvalue weighted by Crippen LogP contribution is 2.61. The molecule has 8 heteroatoms. The van der Waals surface area contributed by atoms with E-state index in [-0.39, 0.29) is 11.3 Å². The van der Waals surface area contributed by atoms with E-state index in [4.69, 9.17) is 14.5 Å². The van der Waals surface area contributed by atoms with Crippen LogP contribution in [0.3, 0.4) is 0 Å². The van der Waals surface area contributed by atoms with Crippen LogP contribution in [0.4, 0.5) is 13.2 Å². The van der Waals surface area contributed by atoms with Crippen LogP contribution in [0, 0.1) is 16.7 Å². The van der Waals surface area contributed by atoms with Gasteiger partial charge in [-0.3, -0.25) is 4.98 Å². The lowest BCUT2D eigenvalue weighted by atomic mass is 9.74. The third-order valence-electron chi connectivity index (χ3n) is 8.21. The molecule has 3 unspecified atom stereocenters. The van der Waals surface area contributed by atoms with Crippen LogP contribution < -0.4 is 0 Å². The quantitative estimate of drug-likeness (QED) is 0.602. The number of aliphatic hydroxyl groups excluding tert-OH is 1. The predicted molar refractivity (Wildman–Crippen MR) is 119 cm³/mol. The summed E-state index contributed by atoms with van der Waals surface area (Å²) in [7, 11) is 0. The smallest absolute Gasteiger partial charge is 0.388 e. The van der Waals surface area contributed by atoms with Crippen LogP contribution in [0.15, 0.2) is 18.2 Å². The van der Waals surface area contributed by atoms with Crippen molar-refractivity contribution in [3.8, 4) is 6.07 Å². The second kappa shape index (κ2) is 7.52. The number of halogens is 3. The lowest BCUT2D eigenvalue weighted by molar-refractivity contribution is -0.137. The second-order valence-corrected chi connectivity index (χ2v) is 10.9. The molecule has 3 atom stereocenters. The maximum absolute atomic E-state index is 13.5. The number of aliphatic hydroxyl groups is 1. The highest BCUT2D eigenvalue weighted by Gasteiger charge is 2.56. The molecule has 1 saturated carbocycles. The maximum atomic E-state index is 13.5. The fourth-order valence-electron chi connectivity index (χ4n) is 6.35. The van der Waals surface area contributed by atoms with Gasteiger partial charge in [0.25, 0.3) is 0 Å². The predicted octanol–water partition coefficient (Wildman–Crippen LogP) is 5.59. The van der Waals surface area contributed by atoms with Gasteiger partial charge in [0.1, 0.15) is 11.7 Å². The van der Waals surface area contributed by atoms with Crippen molar-refractivity contribution in [3.05, 3.63) is 63.0 Å². The first-order valence-electron chi connectivity index (χ1n) is 12.2. The van der Waals surface area contributed by atoms with Crippen LogP contribution in [-0.4, -0.2) is 23.3 Å². The van der Waals surface area contributed by atoms with Crippen molar-refractivity contribution in [2.75, 3.05) is 13.2 Å². The van der Waals surface area contributed by atoms with Gasteiger partial charge in [-0.05, 0) is 54.7 Å². The molecule has 1 N–H and O–H groups in total. The zero-order chi connectivity index (χ0) is 24.8. The topological polar surface area (TPSA) is 75.4 Å². The third kappa shape index (κ3) is 3.43. The molecule has 4 aliphatic rings. The van der Waals surface area contributed by atoms with E-state index in [2.05, 4.69) is 0 Å². The molecule has 6 rings (SSSR count). The Morgan fingerprint density at radius 3 is 2.57 bits per heavy atom. The van der Waals surface area contributed by atoms with Crippen LogP contribution in [0.25, 0.3) is 0 Å². The van der Waals surface area contributed by atoms with E-state index in [1.165, 1.54) is 12.1 Å². The van der Waals surface area contributed by atoms with Crippen molar-refractivity contribution >= 4 is 0 Å². The van der Waals surface area contributed by atoms with E-state index < -0.39 is 35.1 Å². The Labute approximate surface area is 201 Å². The number of pyridine rings is 1. The highest BCUT2D eigenvalue weighted by atomic mass is 19.4. The minimum atomic E-state index is -4.62. The Balaban J connectivity index is 1.58. The number of nitriles is 1. The summed E-state index contributed by atoms with van der Waals surface area (Å²) >= 11 is 0. The lowest BCUT2D eigenvalue weighted by Crippen LogP contribution is -2.31. The summed E-state index contributed by atoms with van der Waals surface area (Å²) in [6, 6.07) is 5.34. The van der Waals surface area contributed by atoms with Crippen molar-refractivity contribution in [3.63, 3.8) is 0 Å². The first-order valence-corrected chi connectivity index (χ1v) is 12.2. The molecule has 0 radical (unpaired) electrons. The largest absolute Gasteiger partial charge is 0.417 e. The summed E-state index contributed by atoms with van der Waals surface area (Å²) in [6.45, 7) is 4.90. The van der Waals surface area contributed by atoms with E-state index in [0.717, 1.165) is 53.4 Å². The van der Waals surface area contributed by atoms with Crippen LogP contribution >= 0.6 is 0 Å². The summed E-state index contributed by atoms with van der Waals surface area (Å²) in [6.07, 6.45) is -1.68. The summed E-state index contributed by atoms with van der Waals surface area (Å²) in [5.41, 5.74) is 2.75. The average molecular weight is 485 g/mol. The van der Waals surface area contributed by atoms with Gasteiger partial charge in [0, 0.05) is 41.1 Å². The number of fused-ring (bicyclic) bond motifs is 4. The van der Waals surface area contributed by atoms with Crippen molar-refractivity contribution in [1.82, 2.24) is 4.98 Å². The number of hydrogen-bond acceptors (Lipinski definition) is 5. The number of hydrogen-bond donors (Lipinski definition) is 1. The molecular weight excluding hydrogens is 457 g/mol. The van der Waals surface area contributed by atoms with Gasteiger partial charge < -0.3 is 14.6 Å². The van der Waals surface area contributed by atoms with Gasteiger partial charge in [-0.1, -0.05) is 19.9 Å². The third-order valence-corrected chi connectivity index (χ3v) is 8.21. The van der Waals surface area contributed by atoms with Crippen molar-refractivity contribution in [2.45, 2.75) is 75.9 Å². The zero-order valence-electron chi connectivity index (χ0n) is 19.7. The first kappa shape index (κ1) is 23.0. The number of nitrogens with zero attached hydrogens (tertiary/aromatic N) is 2. The van der Waals surface area contributed by atoms with E-state index in [9.17, 15) is 23.5 Å². The van der Waals surface area contributed by atoms with Crippen molar-refractivity contribution in [1.29, 1.82) is 5.26 Å². The number of benzene rings is 1. The Kier molecular flexibility index (Phi) is 4.93. The summed E-state index contributed by atoms with van der Waals surface area (Å²) < 4.78 is 52.9. The Bertz CT molecular complexity index is 1250. The molecule has 3 heterocycles. The lowest BCUT2D eigenvalue weighted by Gasteiger charge is -2.34. The number of ether oxygens (including phenoxy) is 2. The van der Waals surface area contributed by atoms with Crippen molar-refractivity contribution < 1.29 is 27.8 Å². The van der Waals surface area contributed by atoms with Gasteiger partial charge in [0.05, 0.1) is 29.9 Å². The molecule has 1 saturated heterocycles. The molecule has 0 bridgehead atoms. The molecule has 2 aliphatic carbocycles. The summed E-state index contributed by atoms with van der Waals surface area (Å²) in [4.78, 5) is 5.07. The van der Waals surface area contributed by atoms with Gasteiger partial charge in [-0.15, -0.1) is 0 Å². The minimum Gasteiger partial charge on any atom is -0.388 e. The second-order valence-electron chi connectivity index (χ2n) is 10.9. The fraction of sp³-hybridized carbons (Fsp3) is 0.556. The van der Waals surface area contributed by atoms with E-state index in [1.807, 2.05) is 13.8 Å². The molecule has 0 amide bonds. The Morgan fingerprint density at radius 2 is 1.97 bits per heavy atom. The molecule has 1 aromatic carbocycles. The highest BCUT2D eigenvalue weighted by molar-refractivity contribution is 5.56. The fourth-order valence-corrected chi connectivity index (χ4v) is 6.35. The van der Waals surface area contributed by atoms with Gasteiger partial charge in [0.15, 0.2) is 0 Å². The minimum absolute atomic E-state index is 0.0386. The molecule has 2 aromatic rings. The van der Waals surface area contributed by atoms with Crippen molar-refractivity contribution in [2.24, 2.45) is 5.41 Å². The van der Waals surface area contributed by atoms with Crippen LogP contribution in [0.2, 0.25) is 0 Å². The molecule has 35 heavy (non-hydrogen) atoms. The number of alkyl halides is 3. The van der Waals surface area contributed by atoms with E-state index >= 15 is 0 Å². The summed E-state index contributed by atoms with van der Waals surface area (Å²) in [5, 5.41) is 20.8. The average Bonchev–Trinajstić information content (AvgIpc) is 3.24. The van der Waals surface area contributed by atoms with Crippen LogP contribution in [0.1, 0.15) is 102 Å². The molecule has 2 aliphatic heterocycles. The monoisotopic (exact) mass is 484 g/mol. The van der Waals surface area contributed by atoms with Gasteiger partial charge in [-0.2, -0.15) is 18.4 Å². The van der Waals surface area contributed by atoms with Gasteiger partial charge in [0.2, 0.25) is 0 Å². The van der Waals surface area contributed by atoms with Gasteiger partial charge >= 0.3 is 6.18 Å². The normalized spacial score (nSPS) is 28.4. The number of aromatic nitrogens is 1. The van der Waals surface area contributed by atoms with Crippen LogP contribution in [0.5, 0.6) is 0 Å². The Hall–Kier alpha value is -2.47. The molecule has 2 fully saturated rings. The molecular formula is C27H27F3N2O3. The standard InChI is InChI=1S/C27H27F3N2O3/c1-14(2)23-21-22(20-18(32-23)10-25(5-6-25)11-19(20)33)26(7-8-34-13-26)35-24(21)15-3-4-17(27(28,29)30)16(9-15)12-31/h3-4,9,14,19,24,33H,5-8,10-11,13H2,1-2H3. The first-order chi connectivity index (χ1) is 16.6. The zero-order valence-corrected chi connectivity index (χ0v) is 19.7. The SMILES string of the molecule is CC(C)c1nc2c(c3c1C(c1ccc(C(F)(F)F)c(C#N)c1)OC31CCOC1)C(O)CC1(CC1)C2. The van der Waals surface area contributed by atoms with E-state index in [1.54, 1.807) is 6.07 Å². The molecule has 5 nitrogen and oxygen atoms in total. The molecule has 2 spiro atoms.